The molecule has 0 saturated carbocycles. The largest absolute Gasteiger partial charge is 0.302 e. The summed E-state index contributed by atoms with van der Waals surface area (Å²) < 4.78 is 0. The Morgan fingerprint density at radius 2 is 1.65 bits per heavy atom. The lowest BCUT2D eigenvalue weighted by Gasteiger charge is -2.05. The van der Waals surface area contributed by atoms with Gasteiger partial charge in [-0.15, -0.1) is 0 Å². The van der Waals surface area contributed by atoms with Crippen LogP contribution in [-0.2, 0) is 11.2 Å². The maximum atomic E-state index is 12.0. The summed E-state index contributed by atoms with van der Waals surface area (Å²) in [6.07, 6.45) is -0.0195. The van der Waals surface area contributed by atoms with Crippen molar-refractivity contribution in [2.24, 2.45) is 5.10 Å². The molecular formula is C20H20N4O2. The molecule has 0 spiro atoms. The number of amides is 1. The number of benzene rings is 2. The maximum Gasteiger partial charge on any atom is 0.267 e. The Balaban J connectivity index is 1.66. The van der Waals surface area contributed by atoms with E-state index in [4.69, 9.17) is 0 Å². The first kappa shape index (κ1) is 17.4. The van der Waals surface area contributed by atoms with E-state index in [0.29, 0.717) is 17.0 Å². The zero-order chi connectivity index (χ0) is 18.5. The highest BCUT2D eigenvalue weighted by molar-refractivity contribution is 5.99. The molecule has 3 N–H and O–H groups in total. The minimum absolute atomic E-state index is 0.0195. The van der Waals surface area contributed by atoms with Crippen LogP contribution in [0.25, 0.3) is 11.1 Å². The Morgan fingerprint density at radius 1 is 1.00 bits per heavy atom. The van der Waals surface area contributed by atoms with Crippen molar-refractivity contribution >= 4 is 11.6 Å². The number of nitrogens with one attached hydrogen (secondary N) is 3. The van der Waals surface area contributed by atoms with Gasteiger partial charge < -0.3 is 5.10 Å². The van der Waals surface area contributed by atoms with E-state index in [1.807, 2.05) is 49.4 Å². The molecule has 0 bridgehead atoms. The highest BCUT2D eigenvalue weighted by Gasteiger charge is 2.11. The van der Waals surface area contributed by atoms with Crippen LogP contribution in [0.3, 0.4) is 0 Å². The Morgan fingerprint density at radius 3 is 2.27 bits per heavy atom. The summed E-state index contributed by atoms with van der Waals surface area (Å²) in [5.74, 6) is -0.335. The minimum atomic E-state index is -0.335. The topological polar surface area (TPSA) is 90.1 Å². The Labute approximate surface area is 151 Å². The molecule has 3 aromatic rings. The molecule has 26 heavy (non-hydrogen) atoms. The van der Waals surface area contributed by atoms with Crippen molar-refractivity contribution in [2.75, 3.05) is 0 Å². The third-order valence-corrected chi connectivity index (χ3v) is 4.19. The molecule has 1 heterocycles. The number of H-pyrrole nitrogens is 2. The molecule has 0 unspecified atom stereocenters. The Hall–Kier alpha value is -3.41. The lowest BCUT2D eigenvalue weighted by molar-refractivity contribution is -0.120. The van der Waals surface area contributed by atoms with Gasteiger partial charge in [0.25, 0.3) is 5.56 Å². The van der Waals surface area contributed by atoms with Crippen LogP contribution in [0.2, 0.25) is 0 Å². The van der Waals surface area contributed by atoms with E-state index in [0.717, 1.165) is 16.7 Å². The molecule has 0 atom stereocenters. The van der Waals surface area contributed by atoms with Gasteiger partial charge >= 0.3 is 0 Å². The number of hydrogen-bond donors (Lipinski definition) is 3. The summed E-state index contributed by atoms with van der Waals surface area (Å²) in [7, 11) is 0. The smallest absolute Gasteiger partial charge is 0.267 e. The van der Waals surface area contributed by atoms with Crippen molar-refractivity contribution in [2.45, 2.75) is 20.3 Å². The lowest BCUT2D eigenvalue weighted by Crippen LogP contribution is -2.24. The number of carbonyl (C=O) groups is 1. The fourth-order valence-electron chi connectivity index (χ4n) is 2.63. The van der Waals surface area contributed by atoms with Gasteiger partial charge in [0.15, 0.2) is 0 Å². The van der Waals surface area contributed by atoms with Gasteiger partial charge in [0, 0.05) is 11.3 Å². The molecule has 0 aliphatic carbocycles. The molecule has 0 saturated heterocycles. The van der Waals surface area contributed by atoms with Gasteiger partial charge in [0.2, 0.25) is 5.91 Å². The summed E-state index contributed by atoms with van der Waals surface area (Å²) in [5.41, 5.74) is 7.17. The molecule has 1 aromatic heterocycles. The molecule has 2 aromatic carbocycles. The van der Waals surface area contributed by atoms with Crippen LogP contribution in [-0.4, -0.2) is 21.8 Å². The van der Waals surface area contributed by atoms with Crippen LogP contribution in [0.5, 0.6) is 0 Å². The molecule has 0 aliphatic rings. The van der Waals surface area contributed by atoms with Crippen LogP contribution >= 0.6 is 0 Å². The number of nitrogens with zero attached hydrogens (tertiary/aromatic N) is 1. The van der Waals surface area contributed by atoms with Crippen LogP contribution < -0.4 is 11.0 Å². The highest BCUT2D eigenvalue weighted by atomic mass is 16.2. The average Bonchev–Trinajstić information content (AvgIpc) is 2.99. The maximum absolute atomic E-state index is 12.0. The van der Waals surface area contributed by atoms with Gasteiger partial charge in [-0.1, -0.05) is 54.6 Å². The van der Waals surface area contributed by atoms with Crippen molar-refractivity contribution in [3.8, 4) is 11.1 Å². The van der Waals surface area contributed by atoms with Crippen LogP contribution in [0.1, 0.15) is 23.7 Å². The van der Waals surface area contributed by atoms with E-state index >= 15 is 0 Å². The molecule has 0 aliphatic heterocycles. The second-order valence-electron chi connectivity index (χ2n) is 6.04. The normalized spacial score (nSPS) is 11.4. The molecule has 1 amide bonds. The monoisotopic (exact) mass is 348 g/mol. The van der Waals surface area contributed by atoms with Crippen molar-refractivity contribution in [1.29, 1.82) is 0 Å². The SMILES string of the molecule is CC(=NNC(=O)Cc1c(C)[nH][nH]c1=O)c1ccc(-c2ccccc2)cc1. The van der Waals surface area contributed by atoms with E-state index in [1.165, 1.54) is 0 Å². The minimum Gasteiger partial charge on any atom is -0.302 e. The molecule has 6 nitrogen and oxygen atoms in total. The quantitative estimate of drug-likeness (QED) is 0.489. The van der Waals surface area contributed by atoms with Crippen molar-refractivity contribution in [1.82, 2.24) is 15.6 Å². The van der Waals surface area contributed by atoms with E-state index in [-0.39, 0.29) is 17.9 Å². The van der Waals surface area contributed by atoms with Gasteiger partial charge in [-0.05, 0) is 30.5 Å². The first-order chi connectivity index (χ1) is 12.5. The number of rotatable bonds is 5. The highest BCUT2D eigenvalue weighted by Crippen LogP contribution is 2.19. The van der Waals surface area contributed by atoms with Gasteiger partial charge in [0.1, 0.15) is 0 Å². The summed E-state index contributed by atoms with van der Waals surface area (Å²) in [6.45, 7) is 3.56. The average molecular weight is 348 g/mol. The summed E-state index contributed by atoms with van der Waals surface area (Å²) in [6, 6.07) is 18.1. The number of hydrogen-bond acceptors (Lipinski definition) is 3. The molecule has 0 fully saturated rings. The van der Waals surface area contributed by atoms with Gasteiger partial charge in [0.05, 0.1) is 12.1 Å². The van der Waals surface area contributed by atoms with Crippen LogP contribution in [0, 0.1) is 6.92 Å². The van der Waals surface area contributed by atoms with Gasteiger partial charge in [-0.2, -0.15) is 5.10 Å². The summed E-state index contributed by atoms with van der Waals surface area (Å²) in [5, 5.41) is 9.29. The predicted octanol–water partition coefficient (Wildman–Crippen LogP) is 2.76. The number of aryl methyl sites for hydroxylation is 1. The van der Waals surface area contributed by atoms with E-state index in [1.54, 1.807) is 6.92 Å². The molecule has 6 heteroatoms. The van der Waals surface area contributed by atoms with E-state index in [2.05, 4.69) is 32.9 Å². The lowest BCUT2D eigenvalue weighted by atomic mass is 10.0. The molecular weight excluding hydrogens is 328 g/mol. The number of hydrazone groups is 1. The fraction of sp³-hybridized carbons (Fsp3) is 0.150. The van der Waals surface area contributed by atoms with Crippen LogP contribution in [0.4, 0.5) is 0 Å². The fourth-order valence-corrected chi connectivity index (χ4v) is 2.63. The van der Waals surface area contributed by atoms with E-state index in [9.17, 15) is 9.59 Å². The second kappa shape index (κ2) is 7.65. The second-order valence-corrected chi connectivity index (χ2v) is 6.04. The Bertz CT molecular complexity index is 983. The van der Waals surface area contributed by atoms with E-state index < -0.39 is 0 Å². The number of aromatic nitrogens is 2. The summed E-state index contributed by atoms with van der Waals surface area (Å²) in [4.78, 5) is 23.6. The van der Waals surface area contributed by atoms with Gasteiger partial charge in [-0.3, -0.25) is 14.7 Å². The molecule has 132 valence electrons. The first-order valence-electron chi connectivity index (χ1n) is 8.29. The van der Waals surface area contributed by atoms with Crippen molar-refractivity contribution in [3.63, 3.8) is 0 Å². The number of aromatic amines is 2. The van der Waals surface area contributed by atoms with Gasteiger partial charge in [-0.25, -0.2) is 5.43 Å². The predicted molar refractivity (Wildman–Crippen MR) is 102 cm³/mol. The molecule has 0 radical (unpaired) electrons. The number of carbonyl (C=O) groups excluding carboxylic acids is 1. The third-order valence-electron chi connectivity index (χ3n) is 4.19. The summed E-state index contributed by atoms with van der Waals surface area (Å²) >= 11 is 0. The molecule has 3 rings (SSSR count). The zero-order valence-corrected chi connectivity index (χ0v) is 14.7. The standard InChI is InChI=1S/C20H20N4O2/c1-13(21-23-19(25)12-18-14(2)22-24-20(18)26)15-8-10-17(11-9-15)16-6-4-3-5-7-16/h3-11H,12H2,1-2H3,(H,23,25)(H2,22,24,26). The Kier molecular flexibility index (Phi) is 5.12. The van der Waals surface area contributed by atoms with Crippen molar-refractivity contribution < 1.29 is 4.79 Å². The van der Waals surface area contributed by atoms with Crippen LogP contribution in [0.15, 0.2) is 64.5 Å². The first-order valence-corrected chi connectivity index (χ1v) is 8.29. The zero-order valence-electron chi connectivity index (χ0n) is 14.7. The third kappa shape index (κ3) is 3.97. The van der Waals surface area contributed by atoms with Crippen molar-refractivity contribution in [3.05, 3.63) is 81.8 Å².